The minimum Gasteiger partial charge on any atom is -0.506 e. The molecule has 70 valence electrons. The Labute approximate surface area is 86.8 Å². The Kier molecular flexibility index (Phi) is 2.37. The second kappa shape index (κ2) is 3.68. The van der Waals surface area contributed by atoms with Crippen LogP contribution in [-0.2, 0) is 0 Å². The molecule has 0 atom stereocenters. The van der Waals surface area contributed by atoms with Gasteiger partial charge in [0.05, 0.1) is 11.9 Å². The fourth-order valence-corrected chi connectivity index (χ4v) is 1.30. The van der Waals surface area contributed by atoms with Crippen LogP contribution in [0.2, 0.25) is 5.02 Å². The van der Waals surface area contributed by atoms with E-state index >= 15 is 0 Å². The quantitative estimate of drug-likeness (QED) is 0.776. The van der Waals surface area contributed by atoms with Gasteiger partial charge in [-0.2, -0.15) is 0 Å². The molecule has 2 aromatic rings. The first-order valence-corrected chi connectivity index (χ1v) is 4.54. The highest BCUT2D eigenvalue weighted by Gasteiger charge is 1.98. The van der Waals surface area contributed by atoms with Gasteiger partial charge >= 0.3 is 0 Å². The third-order valence-corrected chi connectivity index (χ3v) is 2.14. The van der Waals surface area contributed by atoms with E-state index in [0.717, 1.165) is 11.3 Å². The third kappa shape index (κ3) is 1.86. The zero-order valence-corrected chi connectivity index (χ0v) is 8.07. The smallest absolute Gasteiger partial charge is 0.133 e. The summed E-state index contributed by atoms with van der Waals surface area (Å²) < 4.78 is 0. The van der Waals surface area contributed by atoms with E-state index < -0.39 is 0 Å². The number of nitrogens with zero attached hydrogens (tertiary/aromatic N) is 1. The molecule has 0 fully saturated rings. The van der Waals surface area contributed by atoms with Crippen molar-refractivity contribution in [3.63, 3.8) is 0 Å². The Morgan fingerprint density at radius 1 is 1.00 bits per heavy atom. The monoisotopic (exact) mass is 205 g/mol. The zero-order chi connectivity index (χ0) is 9.97. The first-order chi connectivity index (χ1) is 6.75. The Balaban J connectivity index is 2.40. The molecule has 0 bridgehead atoms. The van der Waals surface area contributed by atoms with Gasteiger partial charge in [-0.1, -0.05) is 23.7 Å². The Bertz CT molecular complexity index is 379. The van der Waals surface area contributed by atoms with Crippen LogP contribution in [0.1, 0.15) is 0 Å². The van der Waals surface area contributed by atoms with Gasteiger partial charge in [-0.3, -0.25) is 4.98 Å². The molecule has 14 heavy (non-hydrogen) atoms. The van der Waals surface area contributed by atoms with E-state index in [9.17, 15) is 0 Å². The van der Waals surface area contributed by atoms with Crippen LogP contribution in [0.5, 0.6) is 5.75 Å². The second-order valence-corrected chi connectivity index (χ2v) is 3.34. The van der Waals surface area contributed by atoms with Crippen LogP contribution in [0.15, 0.2) is 42.6 Å². The van der Waals surface area contributed by atoms with Gasteiger partial charge in [0.1, 0.15) is 5.75 Å². The van der Waals surface area contributed by atoms with Gasteiger partial charge in [-0.25, -0.2) is 0 Å². The number of halogens is 1. The Hall–Kier alpha value is -1.54. The lowest BCUT2D eigenvalue weighted by atomic mass is 10.1. The highest BCUT2D eigenvalue weighted by atomic mass is 35.5. The lowest BCUT2D eigenvalue weighted by Crippen LogP contribution is -1.81. The van der Waals surface area contributed by atoms with Gasteiger partial charge < -0.3 is 5.11 Å². The first kappa shape index (κ1) is 9.03. The predicted octanol–water partition coefficient (Wildman–Crippen LogP) is 3.11. The molecule has 1 aromatic carbocycles. The van der Waals surface area contributed by atoms with Crippen molar-refractivity contribution in [3.8, 4) is 17.0 Å². The van der Waals surface area contributed by atoms with E-state index in [1.165, 1.54) is 6.20 Å². The van der Waals surface area contributed by atoms with Crippen molar-refractivity contribution in [2.24, 2.45) is 0 Å². The molecule has 0 spiro atoms. The number of aromatic hydroxyl groups is 1. The van der Waals surface area contributed by atoms with Gasteiger partial charge in [0.2, 0.25) is 0 Å². The van der Waals surface area contributed by atoms with Gasteiger partial charge in [0, 0.05) is 10.6 Å². The highest BCUT2D eigenvalue weighted by Crippen LogP contribution is 2.20. The fourth-order valence-electron chi connectivity index (χ4n) is 1.18. The molecule has 1 aromatic heterocycles. The maximum Gasteiger partial charge on any atom is 0.133 e. The van der Waals surface area contributed by atoms with Crippen LogP contribution in [0.3, 0.4) is 0 Å². The first-order valence-electron chi connectivity index (χ1n) is 4.17. The summed E-state index contributed by atoms with van der Waals surface area (Å²) >= 11 is 5.76. The van der Waals surface area contributed by atoms with E-state index in [0.29, 0.717) is 5.02 Å². The summed E-state index contributed by atoms with van der Waals surface area (Å²) in [6.45, 7) is 0. The fraction of sp³-hybridized carbons (Fsp3) is 0. The molecule has 0 aliphatic carbocycles. The summed E-state index contributed by atoms with van der Waals surface area (Å²) in [4.78, 5) is 4.09. The number of aromatic nitrogens is 1. The second-order valence-electron chi connectivity index (χ2n) is 2.91. The Morgan fingerprint density at radius 3 is 2.29 bits per heavy atom. The molecule has 0 saturated carbocycles. The third-order valence-electron chi connectivity index (χ3n) is 1.89. The molecule has 3 heteroatoms. The summed E-state index contributed by atoms with van der Waals surface area (Å²) in [7, 11) is 0. The normalized spacial score (nSPS) is 10.1. The topological polar surface area (TPSA) is 33.1 Å². The molecule has 1 N–H and O–H groups in total. The van der Waals surface area contributed by atoms with E-state index in [1.54, 1.807) is 12.1 Å². The van der Waals surface area contributed by atoms with Crippen LogP contribution in [0.4, 0.5) is 0 Å². The van der Waals surface area contributed by atoms with Crippen molar-refractivity contribution in [1.29, 1.82) is 0 Å². The van der Waals surface area contributed by atoms with Gasteiger partial charge in [0.25, 0.3) is 0 Å². The van der Waals surface area contributed by atoms with Crippen molar-refractivity contribution in [2.75, 3.05) is 0 Å². The van der Waals surface area contributed by atoms with Crippen molar-refractivity contribution in [2.45, 2.75) is 0 Å². The Morgan fingerprint density at radius 2 is 1.71 bits per heavy atom. The van der Waals surface area contributed by atoms with E-state index in [-0.39, 0.29) is 5.75 Å². The highest BCUT2D eigenvalue weighted by molar-refractivity contribution is 6.30. The summed E-state index contributed by atoms with van der Waals surface area (Å²) in [5.41, 5.74) is 1.80. The summed E-state index contributed by atoms with van der Waals surface area (Å²) in [5.74, 6) is 0.169. The average molecular weight is 206 g/mol. The van der Waals surface area contributed by atoms with Gasteiger partial charge in [0.15, 0.2) is 0 Å². The van der Waals surface area contributed by atoms with Crippen molar-refractivity contribution in [3.05, 3.63) is 47.6 Å². The molecule has 0 unspecified atom stereocenters. The van der Waals surface area contributed by atoms with Crippen LogP contribution < -0.4 is 0 Å². The lowest BCUT2D eigenvalue weighted by Gasteiger charge is -2.00. The maximum atomic E-state index is 9.06. The number of hydrogen-bond acceptors (Lipinski definition) is 2. The molecular formula is C11H8ClNO. The van der Waals surface area contributed by atoms with Gasteiger partial charge in [-0.15, -0.1) is 0 Å². The number of hydrogen-bond donors (Lipinski definition) is 1. The van der Waals surface area contributed by atoms with Crippen LogP contribution in [-0.4, -0.2) is 10.1 Å². The maximum absolute atomic E-state index is 9.06. The van der Waals surface area contributed by atoms with Crippen LogP contribution in [0, 0.1) is 0 Å². The predicted molar refractivity (Wildman–Crippen MR) is 56.3 cm³/mol. The molecule has 1 heterocycles. The van der Waals surface area contributed by atoms with Gasteiger partial charge in [-0.05, 0) is 24.3 Å². The standard InChI is InChI=1S/C11H8ClNO/c12-9-3-1-8(2-4-9)11-6-5-10(14)7-13-11/h1-7,14H. The van der Waals surface area contributed by atoms with Crippen molar-refractivity contribution >= 4 is 11.6 Å². The minimum atomic E-state index is 0.169. The zero-order valence-electron chi connectivity index (χ0n) is 7.31. The molecule has 0 aliphatic heterocycles. The summed E-state index contributed by atoms with van der Waals surface area (Å²) in [6, 6.07) is 10.8. The van der Waals surface area contributed by atoms with Crippen LogP contribution in [0.25, 0.3) is 11.3 Å². The number of rotatable bonds is 1. The molecule has 2 rings (SSSR count). The van der Waals surface area contributed by atoms with Crippen molar-refractivity contribution in [1.82, 2.24) is 4.98 Å². The minimum absolute atomic E-state index is 0.169. The van der Waals surface area contributed by atoms with E-state index in [1.807, 2.05) is 24.3 Å². The lowest BCUT2D eigenvalue weighted by molar-refractivity contribution is 0.473. The van der Waals surface area contributed by atoms with E-state index in [4.69, 9.17) is 16.7 Å². The summed E-state index contributed by atoms with van der Waals surface area (Å²) in [6.07, 6.45) is 1.42. The average Bonchev–Trinajstić information content (AvgIpc) is 2.21. The molecule has 0 amide bonds. The largest absolute Gasteiger partial charge is 0.506 e. The molecule has 0 radical (unpaired) electrons. The molecule has 2 nitrogen and oxygen atoms in total. The summed E-state index contributed by atoms with van der Waals surface area (Å²) in [5, 5.41) is 9.77. The SMILES string of the molecule is Oc1ccc(-c2ccc(Cl)cc2)nc1. The molecule has 0 aliphatic rings. The van der Waals surface area contributed by atoms with Crippen molar-refractivity contribution < 1.29 is 5.11 Å². The molecular weight excluding hydrogens is 198 g/mol. The van der Waals surface area contributed by atoms with Crippen LogP contribution >= 0.6 is 11.6 Å². The van der Waals surface area contributed by atoms with E-state index in [2.05, 4.69) is 4.98 Å². The molecule has 0 saturated heterocycles. The number of benzene rings is 1. The number of pyridine rings is 1.